The lowest BCUT2D eigenvalue weighted by Gasteiger charge is -2.35. The summed E-state index contributed by atoms with van der Waals surface area (Å²) in [4.78, 5) is 2.29. The van der Waals surface area contributed by atoms with Crippen LogP contribution < -0.4 is 16.0 Å². The fourth-order valence-corrected chi connectivity index (χ4v) is 2.17. The van der Waals surface area contributed by atoms with E-state index in [0.29, 0.717) is 12.6 Å². The number of piperazine rings is 1. The molecule has 15 heavy (non-hydrogen) atoms. The van der Waals surface area contributed by atoms with Crippen molar-refractivity contribution < 1.29 is 0 Å². The maximum absolute atomic E-state index is 6.16. The lowest BCUT2D eigenvalue weighted by Crippen LogP contribution is -2.53. The predicted molar refractivity (Wildman–Crippen MR) is 64.5 cm³/mol. The molecule has 1 unspecified atom stereocenters. The van der Waals surface area contributed by atoms with E-state index < -0.39 is 0 Å². The highest BCUT2D eigenvalue weighted by Gasteiger charge is 2.19. The topological polar surface area (TPSA) is 41.3 Å². The molecule has 0 saturated carbocycles. The first-order valence-electron chi connectivity index (χ1n) is 5.24. The fraction of sp³-hybridized carbons (Fsp3) is 0.455. The summed E-state index contributed by atoms with van der Waals surface area (Å²) in [6.07, 6.45) is 0. The van der Waals surface area contributed by atoms with Gasteiger partial charge in [0.2, 0.25) is 0 Å². The van der Waals surface area contributed by atoms with Crippen molar-refractivity contribution in [1.29, 1.82) is 0 Å². The van der Waals surface area contributed by atoms with Crippen molar-refractivity contribution in [2.45, 2.75) is 6.04 Å². The number of anilines is 1. The summed E-state index contributed by atoms with van der Waals surface area (Å²) >= 11 is 6.16. The summed E-state index contributed by atoms with van der Waals surface area (Å²) in [5, 5.41) is 4.19. The summed E-state index contributed by atoms with van der Waals surface area (Å²) < 4.78 is 0. The van der Waals surface area contributed by atoms with Crippen LogP contribution in [-0.2, 0) is 0 Å². The average Bonchev–Trinajstić information content (AvgIpc) is 2.30. The zero-order chi connectivity index (χ0) is 10.7. The van der Waals surface area contributed by atoms with Gasteiger partial charge < -0.3 is 16.0 Å². The first kappa shape index (κ1) is 10.7. The van der Waals surface area contributed by atoms with Gasteiger partial charge in [-0.2, -0.15) is 0 Å². The van der Waals surface area contributed by atoms with Crippen molar-refractivity contribution in [2.24, 2.45) is 5.73 Å². The number of hydrogen-bond acceptors (Lipinski definition) is 3. The van der Waals surface area contributed by atoms with E-state index in [9.17, 15) is 0 Å². The van der Waals surface area contributed by atoms with Gasteiger partial charge in [-0.15, -0.1) is 0 Å². The summed E-state index contributed by atoms with van der Waals surface area (Å²) in [6.45, 7) is 3.55. The SMILES string of the molecule is NCC1CN(c2ccccc2Cl)CCN1. The molecule has 1 saturated heterocycles. The Balaban J connectivity index is 2.13. The van der Waals surface area contributed by atoms with Gasteiger partial charge in [0.1, 0.15) is 0 Å². The quantitative estimate of drug-likeness (QED) is 0.792. The Morgan fingerprint density at radius 3 is 3.00 bits per heavy atom. The van der Waals surface area contributed by atoms with E-state index in [-0.39, 0.29) is 0 Å². The molecule has 3 nitrogen and oxygen atoms in total. The first-order valence-corrected chi connectivity index (χ1v) is 5.62. The lowest BCUT2D eigenvalue weighted by molar-refractivity contribution is 0.463. The van der Waals surface area contributed by atoms with Crippen molar-refractivity contribution in [1.82, 2.24) is 5.32 Å². The number of hydrogen-bond donors (Lipinski definition) is 2. The maximum Gasteiger partial charge on any atom is 0.0639 e. The van der Waals surface area contributed by atoms with Gasteiger partial charge in [-0.25, -0.2) is 0 Å². The third kappa shape index (κ3) is 2.43. The molecule has 1 aliphatic heterocycles. The highest BCUT2D eigenvalue weighted by Crippen LogP contribution is 2.25. The third-order valence-electron chi connectivity index (χ3n) is 2.73. The van der Waals surface area contributed by atoms with Crippen LogP contribution in [0.5, 0.6) is 0 Å². The molecule has 1 atom stereocenters. The molecule has 82 valence electrons. The van der Waals surface area contributed by atoms with E-state index in [0.717, 1.165) is 30.3 Å². The van der Waals surface area contributed by atoms with Crippen molar-refractivity contribution >= 4 is 17.3 Å². The zero-order valence-electron chi connectivity index (χ0n) is 8.62. The van der Waals surface area contributed by atoms with E-state index in [2.05, 4.69) is 16.3 Å². The Morgan fingerprint density at radius 1 is 1.47 bits per heavy atom. The maximum atomic E-state index is 6.16. The largest absolute Gasteiger partial charge is 0.367 e. The Hall–Kier alpha value is -0.770. The molecule has 1 fully saturated rings. The van der Waals surface area contributed by atoms with Crippen molar-refractivity contribution in [3.05, 3.63) is 29.3 Å². The normalized spacial score (nSPS) is 21.7. The van der Waals surface area contributed by atoms with Crippen LogP contribution in [0, 0.1) is 0 Å². The number of para-hydroxylation sites is 1. The molecule has 0 aliphatic carbocycles. The van der Waals surface area contributed by atoms with Crippen LogP contribution in [-0.4, -0.2) is 32.2 Å². The number of rotatable bonds is 2. The van der Waals surface area contributed by atoms with Crippen LogP contribution in [0.15, 0.2) is 24.3 Å². The summed E-state index contributed by atoms with van der Waals surface area (Å²) in [6, 6.07) is 8.32. The number of halogens is 1. The molecule has 4 heteroatoms. The van der Waals surface area contributed by atoms with E-state index >= 15 is 0 Å². The average molecular weight is 226 g/mol. The highest BCUT2D eigenvalue weighted by atomic mass is 35.5. The van der Waals surface area contributed by atoms with Gasteiger partial charge in [0.15, 0.2) is 0 Å². The lowest BCUT2D eigenvalue weighted by atomic mass is 10.2. The van der Waals surface area contributed by atoms with E-state index in [1.165, 1.54) is 0 Å². The van der Waals surface area contributed by atoms with Gasteiger partial charge in [-0.3, -0.25) is 0 Å². The van der Waals surface area contributed by atoms with Crippen molar-refractivity contribution in [2.75, 3.05) is 31.1 Å². The van der Waals surface area contributed by atoms with Gasteiger partial charge in [-0.05, 0) is 12.1 Å². The summed E-state index contributed by atoms with van der Waals surface area (Å²) in [7, 11) is 0. The van der Waals surface area contributed by atoms with E-state index in [1.54, 1.807) is 0 Å². The Kier molecular flexibility index (Phi) is 3.46. The van der Waals surface area contributed by atoms with Crippen LogP contribution in [0.4, 0.5) is 5.69 Å². The molecule has 0 bridgehead atoms. The minimum absolute atomic E-state index is 0.370. The van der Waals surface area contributed by atoms with Gasteiger partial charge in [0.25, 0.3) is 0 Å². The molecule has 2 rings (SSSR count). The van der Waals surface area contributed by atoms with Crippen LogP contribution in [0.25, 0.3) is 0 Å². The molecular formula is C11H16ClN3. The van der Waals surface area contributed by atoms with Crippen molar-refractivity contribution in [3.8, 4) is 0 Å². The van der Waals surface area contributed by atoms with Gasteiger partial charge in [0, 0.05) is 32.2 Å². The van der Waals surface area contributed by atoms with Crippen LogP contribution in [0.3, 0.4) is 0 Å². The molecule has 1 aromatic rings. The van der Waals surface area contributed by atoms with Crippen molar-refractivity contribution in [3.63, 3.8) is 0 Å². The standard InChI is InChI=1S/C11H16ClN3/c12-10-3-1-2-4-11(10)15-6-5-14-9(7-13)8-15/h1-4,9,14H,5-8,13H2. The summed E-state index contributed by atoms with van der Waals surface area (Å²) in [5.74, 6) is 0. The van der Waals surface area contributed by atoms with Crippen LogP contribution >= 0.6 is 11.6 Å². The van der Waals surface area contributed by atoms with Gasteiger partial charge in [0.05, 0.1) is 10.7 Å². The molecular weight excluding hydrogens is 210 g/mol. The number of nitrogens with zero attached hydrogens (tertiary/aromatic N) is 1. The number of nitrogens with one attached hydrogen (secondary N) is 1. The minimum atomic E-state index is 0.370. The second-order valence-corrected chi connectivity index (χ2v) is 4.19. The molecule has 1 heterocycles. The zero-order valence-corrected chi connectivity index (χ0v) is 9.37. The van der Waals surface area contributed by atoms with Gasteiger partial charge in [-0.1, -0.05) is 23.7 Å². The van der Waals surface area contributed by atoms with E-state index in [4.69, 9.17) is 17.3 Å². The second kappa shape index (κ2) is 4.84. The fourth-order valence-electron chi connectivity index (χ4n) is 1.91. The molecule has 3 N–H and O–H groups in total. The Labute approximate surface area is 95.2 Å². The van der Waals surface area contributed by atoms with Crippen LogP contribution in [0.2, 0.25) is 5.02 Å². The molecule has 1 aromatic carbocycles. The molecule has 0 aromatic heterocycles. The smallest absolute Gasteiger partial charge is 0.0639 e. The molecule has 0 amide bonds. The molecule has 1 aliphatic rings. The monoisotopic (exact) mass is 225 g/mol. The van der Waals surface area contributed by atoms with Gasteiger partial charge >= 0.3 is 0 Å². The Bertz CT molecular complexity index is 329. The number of benzene rings is 1. The number of nitrogens with two attached hydrogens (primary N) is 1. The highest BCUT2D eigenvalue weighted by molar-refractivity contribution is 6.33. The summed E-state index contributed by atoms with van der Waals surface area (Å²) in [5.41, 5.74) is 6.77. The van der Waals surface area contributed by atoms with Crippen LogP contribution in [0.1, 0.15) is 0 Å². The first-order chi connectivity index (χ1) is 7.31. The van der Waals surface area contributed by atoms with E-state index in [1.807, 2.05) is 18.2 Å². The predicted octanol–water partition coefficient (Wildman–Crippen LogP) is 1.08. The molecule has 0 radical (unpaired) electrons. The second-order valence-electron chi connectivity index (χ2n) is 3.78. The third-order valence-corrected chi connectivity index (χ3v) is 3.05. The Morgan fingerprint density at radius 2 is 2.27 bits per heavy atom. The molecule has 0 spiro atoms. The minimum Gasteiger partial charge on any atom is -0.367 e.